The van der Waals surface area contributed by atoms with Gasteiger partial charge in [0.05, 0.1) is 22.6 Å². The highest BCUT2D eigenvalue weighted by Crippen LogP contribution is 2.56. The van der Waals surface area contributed by atoms with Crippen molar-refractivity contribution >= 4 is 29.4 Å². The number of benzene rings is 1. The van der Waals surface area contributed by atoms with Gasteiger partial charge in [-0.2, -0.15) is 13.2 Å². The molecule has 12 heteroatoms. The fourth-order valence-corrected chi connectivity index (χ4v) is 5.69. The van der Waals surface area contributed by atoms with Crippen LogP contribution in [0.25, 0.3) is 0 Å². The summed E-state index contributed by atoms with van der Waals surface area (Å²) in [5.74, 6) is -1.44. The van der Waals surface area contributed by atoms with Crippen LogP contribution in [-0.2, 0) is 7.05 Å². The molecule has 1 heterocycles. The molecule has 0 aliphatic heterocycles. The lowest BCUT2D eigenvalue weighted by Gasteiger charge is -2.27. The molecular formula is C23H24ClF4N5O2. The Morgan fingerprint density at radius 2 is 1.97 bits per heavy atom. The topological polar surface area (TPSA) is 117 Å². The van der Waals surface area contributed by atoms with Crippen LogP contribution in [0.4, 0.5) is 23.2 Å². The van der Waals surface area contributed by atoms with Crippen LogP contribution in [0.1, 0.15) is 47.8 Å². The molecule has 5 N–H and O–H groups in total. The normalized spacial score (nSPS) is 26.9. The number of carbonyl (C=O) groups is 1. The van der Waals surface area contributed by atoms with Gasteiger partial charge in [-0.1, -0.05) is 11.6 Å². The number of anilines is 1. The first-order valence-corrected chi connectivity index (χ1v) is 11.3. The van der Waals surface area contributed by atoms with Crippen molar-refractivity contribution in [3.8, 4) is 0 Å². The molecule has 2 aliphatic rings. The number of amides is 1. The second-order valence-corrected chi connectivity index (χ2v) is 9.68. The first-order chi connectivity index (χ1) is 16.3. The average molecular weight is 514 g/mol. The number of halogens is 5. The molecule has 35 heavy (non-hydrogen) atoms. The summed E-state index contributed by atoms with van der Waals surface area (Å²) in [5, 5.41) is 21.0. The molecule has 2 saturated carbocycles. The van der Waals surface area contributed by atoms with E-state index in [4.69, 9.17) is 22.7 Å². The summed E-state index contributed by atoms with van der Waals surface area (Å²) < 4.78 is 54.4. The van der Waals surface area contributed by atoms with Gasteiger partial charge in [0.15, 0.2) is 0 Å². The van der Waals surface area contributed by atoms with Crippen LogP contribution >= 0.6 is 11.6 Å². The molecule has 188 valence electrons. The fraction of sp³-hybridized carbons (Fsp3) is 0.435. The molecule has 2 aliphatic carbocycles. The second-order valence-electron chi connectivity index (χ2n) is 9.27. The minimum atomic E-state index is -4.84. The number of hydrogen-bond donors (Lipinski definition) is 4. The van der Waals surface area contributed by atoms with Crippen LogP contribution in [-0.4, -0.2) is 38.6 Å². The maximum Gasteiger partial charge on any atom is 0.431 e. The Morgan fingerprint density at radius 1 is 1.34 bits per heavy atom. The zero-order chi connectivity index (χ0) is 25.7. The summed E-state index contributed by atoms with van der Waals surface area (Å²) in [6.07, 6.45) is -1.73. The molecule has 1 amide bonds. The summed E-state index contributed by atoms with van der Waals surface area (Å²) in [6.45, 7) is 0. The Kier molecular flexibility index (Phi) is 6.43. The number of aliphatic hydroxyl groups is 1. The largest absolute Gasteiger partial charge is 0.431 e. The zero-order valence-corrected chi connectivity index (χ0v) is 19.4. The van der Waals surface area contributed by atoms with Crippen molar-refractivity contribution < 1.29 is 27.5 Å². The number of carbonyl (C=O) groups excluding carboxylic acids is 1. The first kappa shape index (κ1) is 25.2. The van der Waals surface area contributed by atoms with Gasteiger partial charge in [0.1, 0.15) is 17.2 Å². The molecule has 1 aromatic carbocycles. The minimum Gasteiger partial charge on any atom is -0.394 e. The maximum atomic E-state index is 13.4. The molecule has 0 bridgehead atoms. The summed E-state index contributed by atoms with van der Waals surface area (Å²) in [6, 6.07) is 3.83. The van der Waals surface area contributed by atoms with Crippen LogP contribution in [0.5, 0.6) is 0 Å². The first-order valence-electron chi connectivity index (χ1n) is 10.9. The third-order valence-electron chi connectivity index (χ3n) is 7.03. The number of alkyl halides is 3. The molecule has 2 aromatic rings. The van der Waals surface area contributed by atoms with Crippen molar-refractivity contribution in [3.63, 3.8) is 0 Å². The third kappa shape index (κ3) is 4.66. The minimum absolute atomic E-state index is 0.0398. The van der Waals surface area contributed by atoms with Crippen LogP contribution in [0.3, 0.4) is 0 Å². The van der Waals surface area contributed by atoms with Crippen LogP contribution < -0.4 is 11.1 Å². The van der Waals surface area contributed by atoms with Gasteiger partial charge in [0.25, 0.3) is 5.91 Å². The van der Waals surface area contributed by atoms with Gasteiger partial charge in [0, 0.05) is 30.4 Å². The fourth-order valence-electron chi connectivity index (χ4n) is 5.51. The van der Waals surface area contributed by atoms with Gasteiger partial charge in [-0.05, 0) is 55.7 Å². The highest BCUT2D eigenvalue weighted by atomic mass is 35.5. The van der Waals surface area contributed by atoms with E-state index in [1.54, 1.807) is 11.6 Å². The zero-order valence-electron chi connectivity index (χ0n) is 18.7. The van der Waals surface area contributed by atoms with E-state index in [9.17, 15) is 27.5 Å². The summed E-state index contributed by atoms with van der Waals surface area (Å²) in [5.41, 5.74) is 2.53. The van der Waals surface area contributed by atoms with Crippen molar-refractivity contribution in [1.29, 1.82) is 5.41 Å². The number of fused-ring (bicyclic) bond motifs is 1. The second kappa shape index (κ2) is 8.94. The van der Waals surface area contributed by atoms with Gasteiger partial charge in [-0.15, -0.1) is 0 Å². The molecular weight excluding hydrogens is 490 g/mol. The predicted octanol–water partition coefficient (Wildman–Crippen LogP) is 4.52. The third-order valence-corrected chi connectivity index (χ3v) is 7.32. The Morgan fingerprint density at radius 3 is 2.51 bits per heavy atom. The van der Waals surface area contributed by atoms with Gasteiger partial charge in [-0.25, -0.2) is 9.37 Å². The highest BCUT2D eigenvalue weighted by molar-refractivity contribution is 6.31. The van der Waals surface area contributed by atoms with Gasteiger partial charge in [0.2, 0.25) is 0 Å². The SMILES string of the molecule is Cn1cnc(C2CC3CC(O)(/C(C=N)=C(/N)C(F)(F)F)CC3C2)c1C(=O)Nc1ccc(F)c(Cl)c1. The molecule has 2 unspecified atom stereocenters. The number of allylic oxidation sites excluding steroid dienone is 1. The van der Waals surface area contributed by atoms with Crippen molar-refractivity contribution in [2.45, 2.75) is 43.4 Å². The van der Waals surface area contributed by atoms with E-state index in [-0.39, 0.29) is 35.6 Å². The monoisotopic (exact) mass is 513 g/mol. The molecule has 0 spiro atoms. The lowest BCUT2D eigenvalue weighted by Crippen LogP contribution is -2.36. The van der Waals surface area contributed by atoms with Gasteiger partial charge in [-0.3, -0.25) is 4.79 Å². The summed E-state index contributed by atoms with van der Waals surface area (Å²) in [7, 11) is 1.67. The van der Waals surface area contributed by atoms with Crippen molar-refractivity contribution in [2.75, 3.05) is 5.32 Å². The van der Waals surface area contributed by atoms with Crippen molar-refractivity contribution in [3.05, 3.63) is 58.0 Å². The van der Waals surface area contributed by atoms with E-state index in [0.717, 1.165) is 6.07 Å². The van der Waals surface area contributed by atoms with E-state index >= 15 is 0 Å². The Bertz CT molecular complexity index is 1200. The van der Waals surface area contributed by atoms with Crippen molar-refractivity contribution in [2.24, 2.45) is 24.6 Å². The molecule has 1 aromatic heterocycles. The maximum absolute atomic E-state index is 13.4. The lowest BCUT2D eigenvalue weighted by atomic mass is 9.86. The number of nitrogens with zero attached hydrogens (tertiary/aromatic N) is 2. The number of nitrogens with two attached hydrogens (primary N) is 1. The number of rotatable bonds is 5. The smallest absolute Gasteiger partial charge is 0.394 e. The quantitative estimate of drug-likeness (QED) is 0.347. The van der Waals surface area contributed by atoms with E-state index in [2.05, 4.69) is 10.3 Å². The molecule has 2 fully saturated rings. The van der Waals surface area contributed by atoms with E-state index in [1.165, 1.54) is 18.5 Å². The Hall–Kier alpha value is -2.92. The predicted molar refractivity (Wildman–Crippen MR) is 122 cm³/mol. The molecule has 0 radical (unpaired) electrons. The standard InChI is InChI=1S/C23H24ClF4N5O2/c1-33-10-31-18(19(33)21(34)32-14-2-3-17(25)16(24)6-14)11-4-12-7-22(35,8-13(12)5-11)15(9-29)20(30)23(26,27)28/h2-3,6,9-13,29,35H,4-5,7-8,30H2,1H3,(H,32,34)/b20-15+,29-9?. The number of hydrogen-bond acceptors (Lipinski definition) is 5. The lowest BCUT2D eigenvalue weighted by molar-refractivity contribution is -0.0952. The van der Waals surface area contributed by atoms with Crippen LogP contribution in [0.2, 0.25) is 5.02 Å². The van der Waals surface area contributed by atoms with Crippen LogP contribution in [0, 0.1) is 23.1 Å². The Labute approximate surface area is 203 Å². The van der Waals surface area contributed by atoms with E-state index in [0.29, 0.717) is 36.1 Å². The van der Waals surface area contributed by atoms with E-state index < -0.39 is 34.8 Å². The Balaban J connectivity index is 1.52. The van der Waals surface area contributed by atoms with Gasteiger partial charge >= 0.3 is 6.18 Å². The number of nitrogens with one attached hydrogen (secondary N) is 2. The van der Waals surface area contributed by atoms with Crippen LogP contribution in [0.15, 0.2) is 35.8 Å². The molecule has 7 nitrogen and oxygen atoms in total. The summed E-state index contributed by atoms with van der Waals surface area (Å²) in [4.78, 5) is 17.4. The molecule has 4 rings (SSSR count). The van der Waals surface area contributed by atoms with Gasteiger partial charge < -0.3 is 26.1 Å². The number of imidazole rings is 1. The molecule has 0 saturated heterocycles. The highest BCUT2D eigenvalue weighted by Gasteiger charge is 2.53. The average Bonchev–Trinajstić information content (AvgIpc) is 3.41. The summed E-state index contributed by atoms with van der Waals surface area (Å²) >= 11 is 5.79. The number of aromatic nitrogens is 2. The van der Waals surface area contributed by atoms with E-state index in [1.807, 2.05) is 0 Å². The molecule has 2 atom stereocenters. The number of aryl methyl sites for hydroxylation is 1. The van der Waals surface area contributed by atoms with Crippen molar-refractivity contribution in [1.82, 2.24) is 9.55 Å².